The predicted molar refractivity (Wildman–Crippen MR) is 51.0 cm³/mol. The third kappa shape index (κ3) is 1.90. The summed E-state index contributed by atoms with van der Waals surface area (Å²) < 4.78 is 16.4. The van der Waals surface area contributed by atoms with Gasteiger partial charge in [0.05, 0.1) is 5.60 Å². The monoisotopic (exact) mass is 218 g/mol. The van der Waals surface area contributed by atoms with Crippen LogP contribution >= 0.6 is 0 Å². The minimum Gasteiger partial charge on any atom is -0.388 e. The van der Waals surface area contributed by atoms with Crippen LogP contribution in [0.2, 0.25) is 0 Å². The number of hydrogen-bond acceptors (Lipinski definition) is 5. The fraction of sp³-hybridized carbons (Fsp3) is 1.00. The summed E-state index contributed by atoms with van der Waals surface area (Å²) in [4.78, 5) is 0. The van der Waals surface area contributed by atoms with E-state index in [1.807, 2.05) is 0 Å². The maximum atomic E-state index is 9.88. The second-order valence-corrected chi connectivity index (χ2v) is 5.17. The van der Waals surface area contributed by atoms with Crippen molar-refractivity contribution < 1.29 is 24.4 Å². The van der Waals surface area contributed by atoms with E-state index >= 15 is 0 Å². The Morgan fingerprint density at radius 3 is 2.20 bits per heavy atom. The Labute approximate surface area is 88.9 Å². The largest absolute Gasteiger partial charge is 0.388 e. The summed E-state index contributed by atoms with van der Waals surface area (Å²) in [6.07, 6.45) is -2.54. The number of aliphatic hydroxyl groups excluding tert-OH is 1. The fourth-order valence-electron chi connectivity index (χ4n) is 2.15. The smallest absolute Gasteiger partial charge is 0.184 e. The summed E-state index contributed by atoms with van der Waals surface area (Å²) >= 11 is 0. The molecule has 15 heavy (non-hydrogen) atoms. The lowest BCUT2D eigenvalue weighted by molar-refractivity contribution is -0.239. The van der Waals surface area contributed by atoms with Crippen molar-refractivity contribution in [2.75, 3.05) is 0 Å². The maximum Gasteiger partial charge on any atom is 0.184 e. The van der Waals surface area contributed by atoms with Gasteiger partial charge in [0, 0.05) is 0 Å². The predicted octanol–water partition coefficient (Wildman–Crippen LogP) is -0.00540. The lowest BCUT2D eigenvalue weighted by Crippen LogP contribution is -2.45. The molecule has 2 aliphatic rings. The zero-order valence-corrected chi connectivity index (χ0v) is 9.43. The molecule has 88 valence electrons. The molecule has 5 nitrogen and oxygen atoms in total. The van der Waals surface area contributed by atoms with Crippen LogP contribution in [0, 0.1) is 0 Å². The molecule has 0 amide bonds. The molecule has 2 saturated heterocycles. The fourth-order valence-corrected chi connectivity index (χ4v) is 2.15. The van der Waals surface area contributed by atoms with E-state index in [2.05, 4.69) is 0 Å². The van der Waals surface area contributed by atoms with Crippen LogP contribution in [0.25, 0.3) is 0 Å². The van der Waals surface area contributed by atoms with Crippen molar-refractivity contribution in [1.29, 1.82) is 0 Å². The highest BCUT2D eigenvalue weighted by atomic mass is 16.8. The van der Waals surface area contributed by atoms with Gasteiger partial charge in [-0.3, -0.25) is 0 Å². The van der Waals surface area contributed by atoms with Crippen molar-refractivity contribution in [1.82, 2.24) is 0 Å². The van der Waals surface area contributed by atoms with Crippen LogP contribution in [-0.4, -0.2) is 46.2 Å². The summed E-state index contributed by atoms with van der Waals surface area (Å²) in [7, 11) is 0. The molecule has 2 rings (SSSR count). The van der Waals surface area contributed by atoms with Gasteiger partial charge in [-0.05, 0) is 27.7 Å². The van der Waals surface area contributed by atoms with E-state index in [0.29, 0.717) is 0 Å². The van der Waals surface area contributed by atoms with E-state index in [4.69, 9.17) is 14.2 Å². The van der Waals surface area contributed by atoms with Gasteiger partial charge in [-0.15, -0.1) is 0 Å². The van der Waals surface area contributed by atoms with Gasteiger partial charge in [0.1, 0.15) is 18.3 Å². The average Bonchev–Trinajstić information content (AvgIpc) is 2.45. The highest BCUT2D eigenvalue weighted by molar-refractivity contribution is 5.00. The Hall–Kier alpha value is -0.200. The van der Waals surface area contributed by atoms with Crippen LogP contribution in [0.15, 0.2) is 0 Å². The number of ether oxygens (including phenoxy) is 3. The summed E-state index contributed by atoms with van der Waals surface area (Å²) in [5.74, 6) is -0.733. The van der Waals surface area contributed by atoms with Gasteiger partial charge >= 0.3 is 0 Å². The van der Waals surface area contributed by atoms with Crippen LogP contribution < -0.4 is 0 Å². The zero-order chi connectivity index (χ0) is 11.4. The van der Waals surface area contributed by atoms with Crippen LogP contribution in [-0.2, 0) is 14.2 Å². The van der Waals surface area contributed by atoms with E-state index in [9.17, 15) is 10.2 Å². The summed E-state index contributed by atoms with van der Waals surface area (Å²) in [5.41, 5.74) is -1.07. The Kier molecular flexibility index (Phi) is 2.37. The lowest BCUT2D eigenvalue weighted by atomic mass is 9.96. The highest BCUT2D eigenvalue weighted by Crippen LogP contribution is 2.40. The topological polar surface area (TPSA) is 68.2 Å². The van der Waals surface area contributed by atoms with Crippen LogP contribution in [0.4, 0.5) is 0 Å². The zero-order valence-electron chi connectivity index (χ0n) is 9.43. The first-order valence-corrected chi connectivity index (χ1v) is 5.12. The van der Waals surface area contributed by atoms with E-state index in [0.717, 1.165) is 0 Å². The van der Waals surface area contributed by atoms with E-state index in [1.54, 1.807) is 27.7 Å². The molecule has 5 heteroatoms. The van der Waals surface area contributed by atoms with Crippen LogP contribution in [0.5, 0.6) is 0 Å². The molecule has 0 aromatic heterocycles. The third-order valence-electron chi connectivity index (χ3n) is 2.73. The summed E-state index contributed by atoms with van der Waals surface area (Å²) in [6, 6.07) is 0. The Balaban J connectivity index is 2.20. The second kappa shape index (κ2) is 3.15. The number of fused-ring (bicyclic) bond motifs is 1. The molecular formula is C10H18O5. The summed E-state index contributed by atoms with van der Waals surface area (Å²) in [5, 5.41) is 19.5. The first kappa shape index (κ1) is 11.3. The lowest BCUT2D eigenvalue weighted by Gasteiger charge is -2.29. The molecule has 0 aromatic carbocycles. The molecule has 0 aromatic rings. The average molecular weight is 218 g/mol. The van der Waals surface area contributed by atoms with Gasteiger partial charge in [-0.1, -0.05) is 0 Å². The Bertz CT molecular complexity index is 257. The number of aliphatic hydroxyl groups is 2. The summed E-state index contributed by atoms with van der Waals surface area (Å²) in [6.45, 7) is 6.81. The van der Waals surface area contributed by atoms with Crippen LogP contribution in [0.3, 0.4) is 0 Å². The van der Waals surface area contributed by atoms with Crippen molar-refractivity contribution in [3.05, 3.63) is 0 Å². The first-order valence-electron chi connectivity index (χ1n) is 5.12. The number of rotatable bonds is 1. The Morgan fingerprint density at radius 2 is 1.67 bits per heavy atom. The molecule has 2 N–H and O–H groups in total. The van der Waals surface area contributed by atoms with Crippen molar-refractivity contribution >= 4 is 0 Å². The van der Waals surface area contributed by atoms with E-state index in [1.165, 1.54) is 0 Å². The maximum absolute atomic E-state index is 9.88. The molecule has 0 aliphatic carbocycles. The van der Waals surface area contributed by atoms with E-state index in [-0.39, 0.29) is 0 Å². The Morgan fingerprint density at radius 1 is 1.13 bits per heavy atom. The first-order chi connectivity index (χ1) is 6.71. The minimum absolute atomic E-state index is 0.421. The molecule has 0 spiro atoms. The van der Waals surface area contributed by atoms with Gasteiger partial charge in [0.25, 0.3) is 0 Å². The van der Waals surface area contributed by atoms with Crippen molar-refractivity contribution in [3.8, 4) is 0 Å². The molecule has 2 heterocycles. The van der Waals surface area contributed by atoms with Gasteiger partial charge in [0.2, 0.25) is 0 Å². The molecule has 2 aliphatic heterocycles. The van der Waals surface area contributed by atoms with Crippen LogP contribution in [0.1, 0.15) is 27.7 Å². The molecule has 4 atom stereocenters. The molecule has 0 saturated carbocycles. The molecular weight excluding hydrogens is 200 g/mol. The molecule has 0 radical (unpaired) electrons. The van der Waals surface area contributed by atoms with Gasteiger partial charge < -0.3 is 24.4 Å². The molecule has 0 unspecified atom stereocenters. The van der Waals surface area contributed by atoms with Crippen molar-refractivity contribution in [2.24, 2.45) is 0 Å². The number of hydrogen-bond donors (Lipinski definition) is 2. The van der Waals surface area contributed by atoms with Gasteiger partial charge in [-0.25, -0.2) is 0 Å². The standard InChI is InChI=1S/C10H18O5/c1-9(2,12)7-5-6(8(11)13-7)15-10(3,4)14-5/h5-8,11-12H,1-4H3/t5-,6+,7+,8+/m0/s1. The normalized spacial score (nSPS) is 44.4. The van der Waals surface area contributed by atoms with Crippen molar-refractivity contribution in [2.45, 2.75) is 63.7 Å². The second-order valence-electron chi connectivity index (χ2n) is 5.17. The van der Waals surface area contributed by atoms with E-state index < -0.39 is 36.0 Å². The highest BCUT2D eigenvalue weighted by Gasteiger charge is 2.58. The van der Waals surface area contributed by atoms with Gasteiger partial charge in [-0.2, -0.15) is 0 Å². The third-order valence-corrected chi connectivity index (χ3v) is 2.73. The van der Waals surface area contributed by atoms with Crippen molar-refractivity contribution in [3.63, 3.8) is 0 Å². The molecule has 0 bridgehead atoms. The molecule has 2 fully saturated rings. The van der Waals surface area contributed by atoms with Gasteiger partial charge in [0.15, 0.2) is 12.1 Å². The minimum atomic E-state index is -1.07. The quantitative estimate of drug-likeness (QED) is 0.648. The SMILES string of the molecule is CC1(C)O[C@@H]2[C@H](O1)[C@H](C(C)(C)O)O[C@H]2O.